The second-order valence-electron chi connectivity index (χ2n) is 10.3. The molecule has 4 fully saturated rings. The van der Waals surface area contributed by atoms with E-state index < -0.39 is 0 Å². The number of carbonyl (C=O) groups is 2. The van der Waals surface area contributed by atoms with Gasteiger partial charge in [-0.05, 0) is 76.3 Å². The molecule has 7 nitrogen and oxygen atoms in total. The number of anilines is 2. The number of likely N-dealkylation sites (tertiary alicyclic amines) is 1. The van der Waals surface area contributed by atoms with Crippen LogP contribution >= 0.6 is 0 Å². The molecule has 32 heavy (non-hydrogen) atoms. The number of rotatable bonds is 3. The molecule has 174 valence electrons. The first-order chi connectivity index (χ1) is 15.5. The molecule has 1 spiro atoms. The average Bonchev–Trinajstić information content (AvgIpc) is 3.11. The molecule has 1 saturated carbocycles. The molecule has 0 aromatic carbocycles. The Morgan fingerprint density at radius 3 is 2.41 bits per heavy atom. The quantitative estimate of drug-likeness (QED) is 0.782. The Hall–Kier alpha value is -2.15. The highest BCUT2D eigenvalue weighted by Crippen LogP contribution is 2.44. The van der Waals surface area contributed by atoms with Crippen LogP contribution in [0.4, 0.5) is 11.5 Å². The van der Waals surface area contributed by atoms with E-state index in [0.29, 0.717) is 18.4 Å². The van der Waals surface area contributed by atoms with Crippen molar-refractivity contribution in [2.24, 2.45) is 5.41 Å². The van der Waals surface area contributed by atoms with Crippen LogP contribution in [0.3, 0.4) is 0 Å². The van der Waals surface area contributed by atoms with Crippen LogP contribution in [0.25, 0.3) is 0 Å². The van der Waals surface area contributed by atoms with Crippen molar-refractivity contribution >= 4 is 23.3 Å². The van der Waals surface area contributed by atoms with Gasteiger partial charge in [0.15, 0.2) is 0 Å². The molecule has 7 heteroatoms. The predicted octanol–water partition coefficient (Wildman–Crippen LogP) is 3.03. The van der Waals surface area contributed by atoms with Crippen LogP contribution in [0.1, 0.15) is 69.8 Å². The molecule has 0 atom stereocenters. The van der Waals surface area contributed by atoms with Gasteiger partial charge in [0.1, 0.15) is 5.82 Å². The topological polar surface area (TPSA) is 77.0 Å². The van der Waals surface area contributed by atoms with Gasteiger partial charge in [-0.2, -0.15) is 0 Å². The van der Waals surface area contributed by atoms with Crippen molar-refractivity contribution in [3.8, 4) is 0 Å². The third-order valence-electron chi connectivity index (χ3n) is 8.34. The lowest BCUT2D eigenvalue weighted by atomic mass is 9.77. The number of aromatic nitrogens is 1. The van der Waals surface area contributed by atoms with E-state index in [4.69, 9.17) is 4.98 Å². The van der Waals surface area contributed by atoms with Crippen LogP contribution in [0.5, 0.6) is 0 Å². The molecule has 4 heterocycles. The maximum atomic E-state index is 13.4. The summed E-state index contributed by atoms with van der Waals surface area (Å²) in [5.41, 5.74) is 1.79. The van der Waals surface area contributed by atoms with Crippen LogP contribution in [0.2, 0.25) is 0 Å². The largest absolute Gasteiger partial charge is 0.393 e. The van der Waals surface area contributed by atoms with Crippen molar-refractivity contribution in [1.29, 1.82) is 0 Å². The maximum absolute atomic E-state index is 13.4. The zero-order chi connectivity index (χ0) is 22.3. The van der Waals surface area contributed by atoms with Crippen LogP contribution in [0.15, 0.2) is 12.3 Å². The van der Waals surface area contributed by atoms with E-state index in [9.17, 15) is 14.7 Å². The van der Waals surface area contributed by atoms with Crippen molar-refractivity contribution in [3.05, 3.63) is 17.8 Å². The van der Waals surface area contributed by atoms with Crippen molar-refractivity contribution in [3.63, 3.8) is 0 Å². The molecule has 3 saturated heterocycles. The molecule has 0 radical (unpaired) electrons. The Labute approximate surface area is 190 Å². The Bertz CT molecular complexity index is 872. The number of aryl methyl sites for hydroxylation is 1. The van der Waals surface area contributed by atoms with Crippen LogP contribution in [-0.2, 0) is 9.59 Å². The van der Waals surface area contributed by atoms with E-state index in [1.807, 2.05) is 11.1 Å². The molecule has 5 rings (SSSR count). The summed E-state index contributed by atoms with van der Waals surface area (Å²) in [6, 6.07) is 2.41. The van der Waals surface area contributed by atoms with Gasteiger partial charge >= 0.3 is 0 Å². The van der Waals surface area contributed by atoms with E-state index in [0.717, 1.165) is 101 Å². The van der Waals surface area contributed by atoms with Crippen molar-refractivity contribution < 1.29 is 14.7 Å². The predicted molar refractivity (Wildman–Crippen MR) is 124 cm³/mol. The summed E-state index contributed by atoms with van der Waals surface area (Å²) < 4.78 is 0. The number of piperidine rings is 2. The molecular weight excluding hydrogens is 404 g/mol. The van der Waals surface area contributed by atoms with Gasteiger partial charge in [-0.1, -0.05) is 0 Å². The molecule has 1 aliphatic carbocycles. The average molecular weight is 441 g/mol. The summed E-state index contributed by atoms with van der Waals surface area (Å²) in [5.74, 6) is 1.53. The summed E-state index contributed by atoms with van der Waals surface area (Å²) in [6.07, 6.45) is 10.5. The third-order valence-corrected chi connectivity index (χ3v) is 8.34. The lowest BCUT2D eigenvalue weighted by molar-refractivity contribution is -0.139. The fourth-order valence-corrected chi connectivity index (χ4v) is 6.29. The smallest absolute Gasteiger partial charge is 0.229 e. The zero-order valence-electron chi connectivity index (χ0n) is 19.3. The number of carbonyl (C=O) groups excluding carboxylic acids is 2. The van der Waals surface area contributed by atoms with Crippen LogP contribution in [-0.4, -0.2) is 65.1 Å². The number of pyridine rings is 1. The molecule has 0 unspecified atom stereocenters. The van der Waals surface area contributed by atoms with E-state index in [-0.39, 0.29) is 17.4 Å². The van der Waals surface area contributed by atoms with Crippen LogP contribution in [0, 0.1) is 12.3 Å². The number of nitrogens with zero attached hydrogens (tertiary/aromatic N) is 4. The molecule has 1 aromatic heterocycles. The molecule has 1 aromatic rings. The minimum Gasteiger partial charge on any atom is -0.393 e. The molecule has 1 N–H and O–H groups in total. The van der Waals surface area contributed by atoms with Gasteiger partial charge < -0.3 is 19.8 Å². The summed E-state index contributed by atoms with van der Waals surface area (Å²) in [5, 5.41) is 9.81. The van der Waals surface area contributed by atoms with Gasteiger partial charge in [0.2, 0.25) is 11.8 Å². The van der Waals surface area contributed by atoms with E-state index in [2.05, 4.69) is 22.8 Å². The van der Waals surface area contributed by atoms with E-state index in [1.54, 1.807) is 0 Å². The highest BCUT2D eigenvalue weighted by atomic mass is 16.3. The lowest BCUT2D eigenvalue weighted by Gasteiger charge is -2.40. The zero-order valence-corrected chi connectivity index (χ0v) is 19.3. The number of aliphatic hydroxyl groups is 1. The number of aliphatic hydroxyl groups excluding tert-OH is 1. The molecular formula is C25H36N4O3. The van der Waals surface area contributed by atoms with E-state index >= 15 is 0 Å². The third kappa shape index (κ3) is 3.89. The summed E-state index contributed by atoms with van der Waals surface area (Å²) >= 11 is 0. The Morgan fingerprint density at radius 2 is 1.72 bits per heavy atom. The van der Waals surface area contributed by atoms with Gasteiger partial charge in [-0.3, -0.25) is 9.59 Å². The first-order valence-corrected chi connectivity index (χ1v) is 12.5. The normalized spacial score (nSPS) is 28.6. The van der Waals surface area contributed by atoms with Crippen molar-refractivity contribution in [2.75, 3.05) is 36.0 Å². The van der Waals surface area contributed by atoms with Gasteiger partial charge in [-0.15, -0.1) is 0 Å². The maximum Gasteiger partial charge on any atom is 0.229 e. The second kappa shape index (κ2) is 8.65. The minimum absolute atomic E-state index is 0.184. The highest BCUT2D eigenvalue weighted by Gasteiger charge is 2.50. The number of hydrogen-bond donors (Lipinski definition) is 1. The monoisotopic (exact) mass is 440 g/mol. The van der Waals surface area contributed by atoms with Crippen LogP contribution < -0.4 is 9.80 Å². The highest BCUT2D eigenvalue weighted by molar-refractivity contribution is 5.94. The molecule has 3 aliphatic heterocycles. The van der Waals surface area contributed by atoms with Gasteiger partial charge in [0.05, 0.1) is 23.4 Å². The standard InChI is InChI=1S/C25H36N4O3/c1-18-16-20(28-12-3-2-4-22(28)31)17-26-23(18)27-13-9-25(10-14-27)11-15-29(24(25)32)19-5-7-21(30)8-6-19/h16-17,19,21,30H,2-15H2,1H3. The van der Waals surface area contributed by atoms with Gasteiger partial charge in [0.25, 0.3) is 0 Å². The summed E-state index contributed by atoms with van der Waals surface area (Å²) in [6.45, 7) is 5.42. The van der Waals surface area contributed by atoms with Crippen molar-refractivity contribution in [1.82, 2.24) is 9.88 Å². The SMILES string of the molecule is Cc1cc(N2CCCCC2=O)cnc1N1CCC2(CC1)CCN(C1CCC(O)CC1)C2=O. The van der Waals surface area contributed by atoms with Gasteiger partial charge in [0, 0.05) is 38.6 Å². The number of hydrogen-bond acceptors (Lipinski definition) is 5. The molecule has 2 amide bonds. The minimum atomic E-state index is -0.208. The second-order valence-corrected chi connectivity index (χ2v) is 10.3. The Morgan fingerprint density at radius 1 is 1.00 bits per heavy atom. The summed E-state index contributed by atoms with van der Waals surface area (Å²) in [4.78, 5) is 36.8. The number of amides is 2. The van der Waals surface area contributed by atoms with Gasteiger partial charge in [-0.25, -0.2) is 4.98 Å². The fraction of sp³-hybridized carbons (Fsp3) is 0.720. The first kappa shape index (κ1) is 21.7. The fourth-order valence-electron chi connectivity index (χ4n) is 6.29. The Balaban J connectivity index is 1.23. The van der Waals surface area contributed by atoms with Crippen molar-refractivity contribution in [2.45, 2.75) is 83.3 Å². The van der Waals surface area contributed by atoms with E-state index in [1.165, 1.54) is 0 Å². The molecule has 4 aliphatic rings. The summed E-state index contributed by atoms with van der Waals surface area (Å²) in [7, 11) is 0. The Kier molecular flexibility index (Phi) is 5.86. The molecule has 0 bridgehead atoms. The first-order valence-electron chi connectivity index (χ1n) is 12.5. The lowest BCUT2D eigenvalue weighted by Crippen LogP contribution is -2.47.